The summed E-state index contributed by atoms with van der Waals surface area (Å²) in [6.45, 7) is 4.22. The standard InChI is InChI=1S/C81H50N2O10/c1-81(2,51-17-29-57(30-18-51)92-61-37-41-69-73(45-61)79(88)82(77(69)86)53-21-33-59(34-22-53)90-55-25-11-47(12-26-55)75(84)49-15-39-67-63-7-3-5-9-65(63)71(67)43-49)52-19-31-58(32-20-52)93-62-38-42-70-74(46-62)80(89)83(78(70)87)54-23-35-60(36-24-54)91-56-27-13-48(14-28-56)76(85)50-16-40-68-64-8-4-6-10-66(64)72(68)44-50/h3-46H,1-2H3. The van der Waals surface area contributed by atoms with Gasteiger partial charge in [-0.3, -0.25) is 28.8 Å². The van der Waals surface area contributed by atoms with Crippen molar-refractivity contribution in [2.24, 2.45) is 0 Å². The van der Waals surface area contributed by atoms with Gasteiger partial charge in [-0.15, -0.1) is 0 Å². The third-order valence-electron chi connectivity index (χ3n) is 17.8. The first-order valence-corrected chi connectivity index (χ1v) is 30.2. The van der Waals surface area contributed by atoms with Crippen LogP contribution in [0.3, 0.4) is 0 Å². The van der Waals surface area contributed by atoms with Gasteiger partial charge in [0.05, 0.1) is 33.6 Å². The second-order valence-electron chi connectivity index (χ2n) is 23.7. The van der Waals surface area contributed by atoms with Crippen LogP contribution in [0.5, 0.6) is 46.0 Å². The van der Waals surface area contributed by atoms with Crippen LogP contribution in [-0.2, 0) is 5.41 Å². The Kier molecular flexibility index (Phi) is 13.1. The molecular weight excluding hydrogens is 1160 g/mol. The van der Waals surface area contributed by atoms with E-state index in [9.17, 15) is 28.8 Å². The van der Waals surface area contributed by atoms with Gasteiger partial charge in [0.15, 0.2) is 11.6 Å². The molecule has 12 nitrogen and oxygen atoms in total. The topological polar surface area (TPSA) is 146 Å². The van der Waals surface area contributed by atoms with Crippen molar-refractivity contribution < 1.29 is 47.7 Å². The Morgan fingerprint density at radius 3 is 0.871 bits per heavy atom. The lowest BCUT2D eigenvalue weighted by Crippen LogP contribution is -2.29. The van der Waals surface area contributed by atoms with E-state index in [0.717, 1.165) is 54.3 Å². The molecule has 0 saturated carbocycles. The van der Waals surface area contributed by atoms with E-state index in [2.05, 4.69) is 38.1 Å². The van der Waals surface area contributed by atoms with Crippen LogP contribution in [0.2, 0.25) is 0 Å². The molecule has 0 fully saturated rings. The molecule has 0 aromatic heterocycles. The maximum atomic E-state index is 13.8. The van der Waals surface area contributed by atoms with Crippen LogP contribution in [-0.4, -0.2) is 35.2 Å². The van der Waals surface area contributed by atoms with Crippen molar-refractivity contribution in [2.45, 2.75) is 19.3 Å². The molecule has 16 rings (SSSR count). The lowest BCUT2D eigenvalue weighted by atomic mass is 9.78. The highest BCUT2D eigenvalue weighted by Gasteiger charge is 2.39. The molecule has 0 saturated heterocycles. The molecular formula is C81H50N2O10. The summed E-state index contributed by atoms with van der Waals surface area (Å²) in [7, 11) is 0. The Morgan fingerprint density at radius 2 is 0.516 bits per heavy atom. The van der Waals surface area contributed by atoms with Crippen LogP contribution < -0.4 is 28.7 Å². The summed E-state index contributed by atoms with van der Waals surface area (Å²) in [4.78, 5) is 84.2. The second kappa shape index (κ2) is 21.9. The van der Waals surface area contributed by atoms with Gasteiger partial charge >= 0.3 is 0 Å². The SMILES string of the molecule is CC(C)(c1ccc(Oc2ccc3c(c2)C(=O)N(c2ccc(Oc4ccc(C(=O)c5ccc6c(c5)-c5ccccc5-6)cc4)cc2)C3=O)cc1)c1ccc(Oc2ccc3c(c2)C(=O)N(c2ccc(Oc4ccc(C(=O)c5ccc6c(c5)-c5ccccc5-6)cc4)cc2)C3=O)cc1. The van der Waals surface area contributed by atoms with Crippen LogP contribution in [0, 0.1) is 0 Å². The molecule has 444 valence electrons. The smallest absolute Gasteiger partial charge is 0.266 e. The molecule has 2 aliphatic carbocycles. The molecule has 0 radical (unpaired) electrons. The minimum atomic E-state index is -0.476. The predicted molar refractivity (Wildman–Crippen MR) is 355 cm³/mol. The number of nitrogens with zero attached hydrogens (tertiary/aromatic N) is 2. The Morgan fingerprint density at radius 1 is 0.258 bits per heavy atom. The van der Waals surface area contributed by atoms with Crippen molar-refractivity contribution in [3.8, 4) is 90.5 Å². The van der Waals surface area contributed by atoms with Crippen LogP contribution in [0.4, 0.5) is 11.4 Å². The number of fused-ring (bicyclic) bond motifs is 10. The number of anilines is 2. The minimum Gasteiger partial charge on any atom is -0.457 e. The summed E-state index contributed by atoms with van der Waals surface area (Å²) in [5.41, 5.74) is 14.8. The summed E-state index contributed by atoms with van der Waals surface area (Å²) in [6.07, 6.45) is 0. The first kappa shape index (κ1) is 55.7. The molecule has 2 aliphatic heterocycles. The Balaban J connectivity index is 0.513. The summed E-state index contributed by atoms with van der Waals surface area (Å²) in [6, 6.07) is 80.2. The lowest BCUT2D eigenvalue weighted by Gasteiger charge is -2.26. The number of carbonyl (C=O) groups is 6. The molecule has 12 aromatic carbocycles. The number of hydrogen-bond donors (Lipinski definition) is 0. The molecule has 0 unspecified atom stereocenters. The van der Waals surface area contributed by atoms with E-state index < -0.39 is 29.0 Å². The van der Waals surface area contributed by atoms with Gasteiger partial charge in [0.2, 0.25) is 0 Å². The Labute approximate surface area is 533 Å². The van der Waals surface area contributed by atoms with E-state index in [1.807, 2.05) is 109 Å². The van der Waals surface area contributed by atoms with Crippen molar-refractivity contribution >= 4 is 46.6 Å². The van der Waals surface area contributed by atoms with Gasteiger partial charge in [0.25, 0.3) is 23.6 Å². The number of ketones is 2. The van der Waals surface area contributed by atoms with Gasteiger partial charge < -0.3 is 18.9 Å². The van der Waals surface area contributed by atoms with Gasteiger partial charge in [0, 0.05) is 27.7 Å². The second-order valence-corrected chi connectivity index (χ2v) is 23.7. The predicted octanol–water partition coefficient (Wildman–Crippen LogP) is 18.5. The summed E-state index contributed by atoms with van der Waals surface area (Å²) in [5.74, 6) is 1.86. The van der Waals surface area contributed by atoms with Crippen molar-refractivity contribution in [3.05, 3.63) is 323 Å². The fourth-order valence-corrected chi connectivity index (χ4v) is 12.7. The number of hydrogen-bond acceptors (Lipinski definition) is 10. The quantitative estimate of drug-likeness (QED) is 0.0677. The zero-order chi connectivity index (χ0) is 63.2. The highest BCUT2D eigenvalue weighted by Crippen LogP contribution is 2.49. The largest absolute Gasteiger partial charge is 0.457 e. The summed E-state index contributed by atoms with van der Waals surface area (Å²) in [5, 5.41) is 0. The molecule has 12 aromatic rings. The molecule has 0 N–H and O–H groups in total. The van der Waals surface area contributed by atoms with E-state index in [1.54, 1.807) is 133 Å². The molecule has 2 heterocycles. The van der Waals surface area contributed by atoms with Crippen molar-refractivity contribution in [1.29, 1.82) is 0 Å². The molecule has 12 heteroatoms. The number of benzene rings is 12. The van der Waals surface area contributed by atoms with E-state index >= 15 is 0 Å². The third kappa shape index (κ3) is 9.72. The van der Waals surface area contributed by atoms with E-state index in [-0.39, 0.29) is 33.8 Å². The molecule has 0 atom stereocenters. The van der Waals surface area contributed by atoms with Gasteiger partial charge in [-0.1, -0.05) is 111 Å². The van der Waals surface area contributed by atoms with E-state index in [0.29, 0.717) is 79.6 Å². The highest BCUT2D eigenvalue weighted by atomic mass is 16.5. The maximum absolute atomic E-state index is 13.8. The number of rotatable bonds is 16. The van der Waals surface area contributed by atoms with Crippen molar-refractivity contribution in [1.82, 2.24) is 0 Å². The maximum Gasteiger partial charge on any atom is 0.266 e. The van der Waals surface area contributed by atoms with Crippen LogP contribution >= 0.6 is 0 Å². The average Bonchev–Trinajstić information content (AvgIpc) is 1.71. The minimum absolute atomic E-state index is 0.0824. The zero-order valence-corrected chi connectivity index (χ0v) is 49.9. The molecule has 93 heavy (non-hydrogen) atoms. The van der Waals surface area contributed by atoms with E-state index in [4.69, 9.17) is 18.9 Å². The highest BCUT2D eigenvalue weighted by molar-refractivity contribution is 6.35. The monoisotopic (exact) mass is 1210 g/mol. The molecule has 4 amide bonds. The van der Waals surface area contributed by atoms with Gasteiger partial charge in [-0.25, -0.2) is 9.80 Å². The van der Waals surface area contributed by atoms with Crippen molar-refractivity contribution in [3.63, 3.8) is 0 Å². The Hall–Kier alpha value is -12.5. The van der Waals surface area contributed by atoms with Crippen LogP contribution in [0.25, 0.3) is 44.5 Å². The van der Waals surface area contributed by atoms with Crippen LogP contribution in [0.1, 0.15) is 98.2 Å². The first-order chi connectivity index (χ1) is 45.3. The normalized spacial score (nSPS) is 13.0. The summed E-state index contributed by atoms with van der Waals surface area (Å²) < 4.78 is 24.7. The molecule has 0 bridgehead atoms. The number of carbonyl (C=O) groups excluding carboxylic acids is 6. The fourth-order valence-electron chi connectivity index (χ4n) is 12.7. The van der Waals surface area contributed by atoms with Gasteiger partial charge in [-0.05, 0) is 225 Å². The van der Waals surface area contributed by atoms with Gasteiger partial charge in [-0.2, -0.15) is 0 Å². The first-order valence-electron chi connectivity index (χ1n) is 30.2. The van der Waals surface area contributed by atoms with Crippen LogP contribution in [0.15, 0.2) is 267 Å². The molecule has 0 spiro atoms. The zero-order valence-electron chi connectivity index (χ0n) is 49.9. The number of imide groups is 2. The van der Waals surface area contributed by atoms with Crippen molar-refractivity contribution in [2.75, 3.05) is 9.80 Å². The number of amides is 4. The average molecular weight is 1210 g/mol. The summed E-state index contributed by atoms with van der Waals surface area (Å²) >= 11 is 0. The Bertz CT molecular complexity index is 4830. The van der Waals surface area contributed by atoms with E-state index in [1.165, 1.54) is 11.1 Å². The number of ether oxygens (including phenoxy) is 4. The van der Waals surface area contributed by atoms with Gasteiger partial charge in [0.1, 0.15) is 46.0 Å². The third-order valence-corrected chi connectivity index (χ3v) is 17.8. The lowest BCUT2D eigenvalue weighted by molar-refractivity contribution is 0.0910. The molecule has 4 aliphatic rings. The fraction of sp³-hybridized carbons (Fsp3) is 0.0370.